The van der Waals surface area contributed by atoms with Gasteiger partial charge in [0.15, 0.2) is 0 Å². The molecule has 0 saturated heterocycles. The minimum absolute atomic E-state index is 0.0340. The number of esters is 1. The normalized spacial score (nSPS) is 10.3. The Bertz CT molecular complexity index is 587. The average Bonchev–Trinajstić information content (AvgIpc) is 2.56. The zero-order chi connectivity index (χ0) is 15.8. The first-order chi connectivity index (χ1) is 10.7. The van der Waals surface area contributed by atoms with E-state index in [0.29, 0.717) is 17.9 Å². The quantitative estimate of drug-likeness (QED) is 0.482. The minimum Gasteiger partial charge on any atom is -0.494 e. The Labute approximate surface area is 130 Å². The highest BCUT2D eigenvalue weighted by molar-refractivity contribution is 5.91. The van der Waals surface area contributed by atoms with Crippen molar-refractivity contribution in [2.45, 2.75) is 26.4 Å². The fraction of sp³-hybridized carbons (Fsp3) is 0.278. The third-order valence-electron chi connectivity index (χ3n) is 3.17. The monoisotopic (exact) mass is 300 g/mol. The minimum atomic E-state index is -0.420. The van der Waals surface area contributed by atoms with E-state index in [1.54, 1.807) is 48.5 Å². The topological polar surface area (TPSA) is 55.8 Å². The summed E-state index contributed by atoms with van der Waals surface area (Å²) in [4.78, 5) is 12.0. The van der Waals surface area contributed by atoms with E-state index < -0.39 is 5.97 Å². The molecule has 0 unspecified atom stereocenters. The highest BCUT2D eigenvalue weighted by atomic mass is 16.5. The molecule has 4 heteroatoms. The number of ether oxygens (including phenoxy) is 2. The van der Waals surface area contributed by atoms with Gasteiger partial charge < -0.3 is 14.6 Å². The van der Waals surface area contributed by atoms with Crippen molar-refractivity contribution in [2.24, 2.45) is 0 Å². The molecule has 0 fully saturated rings. The molecule has 0 aliphatic carbocycles. The van der Waals surface area contributed by atoms with E-state index in [0.717, 1.165) is 24.2 Å². The lowest BCUT2D eigenvalue weighted by Gasteiger charge is -2.07. The second-order valence-electron chi connectivity index (χ2n) is 4.92. The maximum Gasteiger partial charge on any atom is 0.343 e. The van der Waals surface area contributed by atoms with Crippen LogP contribution in [0.15, 0.2) is 48.5 Å². The van der Waals surface area contributed by atoms with Crippen LogP contribution in [0, 0.1) is 0 Å². The lowest BCUT2D eigenvalue weighted by atomic mass is 10.2. The van der Waals surface area contributed by atoms with Gasteiger partial charge in [0.05, 0.1) is 18.8 Å². The standard InChI is InChI=1S/C18H20O4/c1-2-3-12-21-16-10-6-15(7-11-16)18(20)22-17-8-4-14(13-19)5-9-17/h4-11,19H,2-3,12-13H2,1H3. The van der Waals surface area contributed by atoms with Crippen LogP contribution in [0.1, 0.15) is 35.7 Å². The molecule has 2 aromatic carbocycles. The first-order valence-electron chi connectivity index (χ1n) is 7.37. The van der Waals surface area contributed by atoms with Crippen molar-refractivity contribution < 1.29 is 19.4 Å². The van der Waals surface area contributed by atoms with Crippen LogP contribution in [0.4, 0.5) is 0 Å². The number of unbranched alkanes of at least 4 members (excludes halogenated alkanes) is 1. The van der Waals surface area contributed by atoms with E-state index in [2.05, 4.69) is 6.92 Å². The second-order valence-corrected chi connectivity index (χ2v) is 4.92. The molecule has 1 N–H and O–H groups in total. The van der Waals surface area contributed by atoms with Crippen LogP contribution in [0.25, 0.3) is 0 Å². The largest absolute Gasteiger partial charge is 0.494 e. The van der Waals surface area contributed by atoms with Gasteiger partial charge in [-0.25, -0.2) is 4.79 Å². The highest BCUT2D eigenvalue weighted by Crippen LogP contribution is 2.17. The van der Waals surface area contributed by atoms with Crippen molar-refractivity contribution in [3.8, 4) is 11.5 Å². The number of carbonyl (C=O) groups excluding carboxylic acids is 1. The van der Waals surface area contributed by atoms with Gasteiger partial charge >= 0.3 is 5.97 Å². The number of rotatable bonds is 7. The average molecular weight is 300 g/mol. The van der Waals surface area contributed by atoms with Gasteiger partial charge in [-0.15, -0.1) is 0 Å². The van der Waals surface area contributed by atoms with Crippen molar-refractivity contribution in [2.75, 3.05) is 6.61 Å². The van der Waals surface area contributed by atoms with Gasteiger partial charge in [-0.2, -0.15) is 0 Å². The first-order valence-corrected chi connectivity index (χ1v) is 7.37. The van der Waals surface area contributed by atoms with E-state index in [4.69, 9.17) is 14.6 Å². The van der Waals surface area contributed by atoms with Gasteiger partial charge in [0.2, 0.25) is 0 Å². The summed E-state index contributed by atoms with van der Waals surface area (Å²) in [5.74, 6) is 0.777. The summed E-state index contributed by atoms with van der Waals surface area (Å²) >= 11 is 0. The Morgan fingerprint density at radius 2 is 1.64 bits per heavy atom. The smallest absolute Gasteiger partial charge is 0.343 e. The highest BCUT2D eigenvalue weighted by Gasteiger charge is 2.08. The van der Waals surface area contributed by atoms with Crippen LogP contribution in [-0.2, 0) is 6.61 Å². The van der Waals surface area contributed by atoms with Crippen LogP contribution in [0.2, 0.25) is 0 Å². The molecule has 2 rings (SSSR count). The molecule has 0 aromatic heterocycles. The number of carbonyl (C=O) groups is 1. The van der Waals surface area contributed by atoms with E-state index in [1.807, 2.05) is 0 Å². The third kappa shape index (κ3) is 4.60. The molecule has 4 nitrogen and oxygen atoms in total. The van der Waals surface area contributed by atoms with Crippen molar-refractivity contribution in [1.82, 2.24) is 0 Å². The Balaban J connectivity index is 1.94. The van der Waals surface area contributed by atoms with Crippen LogP contribution in [0.5, 0.6) is 11.5 Å². The molecule has 116 valence electrons. The summed E-state index contributed by atoms with van der Waals surface area (Å²) in [6.07, 6.45) is 2.09. The van der Waals surface area contributed by atoms with Gasteiger partial charge in [-0.1, -0.05) is 25.5 Å². The molecule has 0 heterocycles. The molecule has 0 amide bonds. The van der Waals surface area contributed by atoms with E-state index in [1.165, 1.54) is 0 Å². The van der Waals surface area contributed by atoms with Crippen molar-refractivity contribution in [1.29, 1.82) is 0 Å². The molecule has 22 heavy (non-hydrogen) atoms. The van der Waals surface area contributed by atoms with Gasteiger partial charge in [0.1, 0.15) is 11.5 Å². The van der Waals surface area contributed by atoms with Crippen molar-refractivity contribution in [3.05, 3.63) is 59.7 Å². The zero-order valence-electron chi connectivity index (χ0n) is 12.6. The number of aliphatic hydroxyl groups is 1. The summed E-state index contributed by atoms with van der Waals surface area (Å²) < 4.78 is 10.8. The molecular formula is C18H20O4. The molecule has 0 spiro atoms. The lowest BCUT2D eigenvalue weighted by Crippen LogP contribution is -2.08. The van der Waals surface area contributed by atoms with Gasteiger partial charge in [0, 0.05) is 0 Å². The fourth-order valence-corrected chi connectivity index (χ4v) is 1.85. The summed E-state index contributed by atoms with van der Waals surface area (Å²) in [6, 6.07) is 13.7. The fourth-order valence-electron chi connectivity index (χ4n) is 1.85. The van der Waals surface area contributed by atoms with E-state index >= 15 is 0 Å². The molecule has 0 bridgehead atoms. The molecule has 0 aliphatic rings. The Hall–Kier alpha value is -2.33. The number of benzene rings is 2. The molecular weight excluding hydrogens is 280 g/mol. The molecule has 0 radical (unpaired) electrons. The molecule has 0 saturated carbocycles. The van der Waals surface area contributed by atoms with Gasteiger partial charge in [-0.3, -0.25) is 0 Å². The number of hydrogen-bond acceptors (Lipinski definition) is 4. The summed E-state index contributed by atoms with van der Waals surface area (Å²) in [5.41, 5.74) is 1.24. The van der Waals surface area contributed by atoms with Crippen molar-refractivity contribution >= 4 is 5.97 Å². The summed E-state index contributed by atoms with van der Waals surface area (Å²) in [7, 11) is 0. The summed E-state index contributed by atoms with van der Waals surface area (Å²) in [6.45, 7) is 2.75. The first kappa shape index (κ1) is 16.0. The zero-order valence-corrected chi connectivity index (χ0v) is 12.6. The van der Waals surface area contributed by atoms with E-state index in [9.17, 15) is 4.79 Å². The van der Waals surface area contributed by atoms with Crippen LogP contribution >= 0.6 is 0 Å². The third-order valence-corrected chi connectivity index (χ3v) is 3.17. The second kappa shape index (κ2) is 8.20. The predicted molar refractivity (Wildman–Crippen MR) is 84.2 cm³/mol. The maximum atomic E-state index is 12.0. The maximum absolute atomic E-state index is 12.0. The van der Waals surface area contributed by atoms with E-state index in [-0.39, 0.29) is 6.61 Å². The van der Waals surface area contributed by atoms with Crippen LogP contribution < -0.4 is 9.47 Å². The predicted octanol–water partition coefficient (Wildman–Crippen LogP) is 3.58. The summed E-state index contributed by atoms with van der Waals surface area (Å²) in [5, 5.41) is 8.97. The van der Waals surface area contributed by atoms with Gasteiger partial charge in [-0.05, 0) is 48.4 Å². The van der Waals surface area contributed by atoms with Gasteiger partial charge in [0.25, 0.3) is 0 Å². The Kier molecular flexibility index (Phi) is 5.98. The van der Waals surface area contributed by atoms with Crippen molar-refractivity contribution in [3.63, 3.8) is 0 Å². The SMILES string of the molecule is CCCCOc1ccc(C(=O)Oc2ccc(CO)cc2)cc1. The molecule has 0 aliphatic heterocycles. The molecule has 2 aromatic rings. The Morgan fingerprint density at radius 1 is 1.00 bits per heavy atom. The molecule has 0 atom stereocenters. The van der Waals surface area contributed by atoms with Crippen LogP contribution in [0.3, 0.4) is 0 Å². The van der Waals surface area contributed by atoms with Crippen LogP contribution in [-0.4, -0.2) is 17.7 Å². The number of hydrogen-bond donors (Lipinski definition) is 1. The lowest BCUT2D eigenvalue weighted by molar-refractivity contribution is 0.0734. The Morgan fingerprint density at radius 3 is 2.23 bits per heavy atom. The number of aliphatic hydroxyl groups excluding tert-OH is 1.